The Bertz CT molecular complexity index is 290. The van der Waals surface area contributed by atoms with Gasteiger partial charge in [-0.1, -0.05) is 26.7 Å². The Morgan fingerprint density at radius 1 is 1.50 bits per heavy atom. The molecule has 0 aromatic rings. The van der Waals surface area contributed by atoms with Gasteiger partial charge in [-0.2, -0.15) is 4.99 Å². The highest BCUT2D eigenvalue weighted by molar-refractivity contribution is 5.90. The van der Waals surface area contributed by atoms with Crippen molar-refractivity contribution in [1.29, 1.82) is 0 Å². The monoisotopic (exact) mass is 253 g/mol. The minimum absolute atomic E-state index is 0.451. The minimum Gasteiger partial charge on any atom is -0.448 e. The van der Waals surface area contributed by atoms with E-state index in [4.69, 9.17) is 4.74 Å². The molecular weight excluding hydrogens is 228 g/mol. The molecule has 18 heavy (non-hydrogen) atoms. The number of amides is 1. The van der Waals surface area contributed by atoms with Crippen LogP contribution in [-0.4, -0.2) is 36.5 Å². The number of rotatable bonds is 5. The van der Waals surface area contributed by atoms with Crippen LogP contribution in [0.4, 0.5) is 4.79 Å². The van der Waals surface area contributed by atoms with Crippen LogP contribution >= 0.6 is 0 Å². The smallest absolute Gasteiger partial charge is 0.435 e. The second-order valence-electron chi connectivity index (χ2n) is 4.81. The molecule has 1 radical (unpaired) electrons. The fourth-order valence-electron chi connectivity index (χ4n) is 2.10. The quantitative estimate of drug-likeness (QED) is 0.429. The van der Waals surface area contributed by atoms with E-state index < -0.39 is 6.09 Å². The Morgan fingerprint density at radius 3 is 2.89 bits per heavy atom. The summed E-state index contributed by atoms with van der Waals surface area (Å²) in [6, 6.07) is 0. The van der Waals surface area contributed by atoms with Crippen LogP contribution in [0.15, 0.2) is 4.99 Å². The molecular formula is C14H25N2O2. The highest BCUT2D eigenvalue weighted by Gasteiger charge is 2.22. The van der Waals surface area contributed by atoms with Gasteiger partial charge in [-0.15, -0.1) is 0 Å². The van der Waals surface area contributed by atoms with E-state index in [0.717, 1.165) is 44.6 Å². The number of hydrogen-bond donors (Lipinski definition) is 0. The van der Waals surface area contributed by atoms with E-state index in [2.05, 4.69) is 30.2 Å². The zero-order valence-corrected chi connectivity index (χ0v) is 11.8. The molecule has 0 saturated carbocycles. The van der Waals surface area contributed by atoms with Crippen LogP contribution in [0.5, 0.6) is 0 Å². The molecule has 0 aromatic carbocycles. The molecule has 0 bridgehead atoms. The summed E-state index contributed by atoms with van der Waals surface area (Å²) >= 11 is 0. The molecule has 1 aliphatic rings. The topological polar surface area (TPSA) is 41.9 Å². The van der Waals surface area contributed by atoms with Gasteiger partial charge in [0.1, 0.15) is 5.84 Å². The number of unbranched alkanes of at least 4 members (excludes halogenated alkanes) is 2. The summed E-state index contributed by atoms with van der Waals surface area (Å²) in [5.41, 5.74) is 0. The molecule has 1 amide bonds. The standard InChI is InChI=1S/C14H25N2O2/c1-4-6-7-10-18-14(17)15-12(3)16-9-8-13(5-2)11-16/h5,13H,4,6-11H2,1-3H3. The fraction of sp³-hybridized carbons (Fsp3) is 0.786. The maximum absolute atomic E-state index is 11.5. The van der Waals surface area contributed by atoms with Crippen molar-refractivity contribution in [2.24, 2.45) is 10.9 Å². The van der Waals surface area contributed by atoms with Crippen molar-refractivity contribution in [3.63, 3.8) is 0 Å². The third kappa shape index (κ3) is 5.07. The Hall–Kier alpha value is -1.06. The second kappa shape index (κ2) is 8.11. The number of carbonyl (C=O) groups excluding carboxylic acids is 1. The molecule has 1 unspecified atom stereocenters. The number of ether oxygens (including phenoxy) is 1. The summed E-state index contributed by atoms with van der Waals surface area (Å²) in [7, 11) is 0. The van der Waals surface area contributed by atoms with Crippen molar-refractivity contribution in [3.05, 3.63) is 6.42 Å². The average Bonchev–Trinajstić information content (AvgIpc) is 2.83. The van der Waals surface area contributed by atoms with Gasteiger partial charge in [0.15, 0.2) is 0 Å². The highest BCUT2D eigenvalue weighted by atomic mass is 16.5. The van der Waals surface area contributed by atoms with E-state index in [1.165, 1.54) is 0 Å². The van der Waals surface area contributed by atoms with Gasteiger partial charge in [0, 0.05) is 13.1 Å². The first-order valence-electron chi connectivity index (χ1n) is 6.93. The highest BCUT2D eigenvalue weighted by Crippen LogP contribution is 2.18. The van der Waals surface area contributed by atoms with E-state index in [1.54, 1.807) is 0 Å². The number of aliphatic imine (C=N–C) groups is 1. The third-order valence-electron chi connectivity index (χ3n) is 3.38. The van der Waals surface area contributed by atoms with Gasteiger partial charge in [0.2, 0.25) is 0 Å². The first-order valence-corrected chi connectivity index (χ1v) is 6.93. The number of nitrogens with zero attached hydrogens (tertiary/aromatic N) is 2. The summed E-state index contributed by atoms with van der Waals surface area (Å²) in [6.45, 7) is 8.52. The molecule has 0 aliphatic carbocycles. The van der Waals surface area contributed by atoms with E-state index in [-0.39, 0.29) is 0 Å². The molecule has 4 heteroatoms. The predicted molar refractivity (Wildman–Crippen MR) is 73.6 cm³/mol. The molecule has 1 atom stereocenters. The normalized spacial score (nSPS) is 20.3. The van der Waals surface area contributed by atoms with E-state index in [0.29, 0.717) is 12.5 Å². The summed E-state index contributed by atoms with van der Waals surface area (Å²) in [5, 5.41) is 0. The zero-order valence-electron chi connectivity index (χ0n) is 11.8. The summed E-state index contributed by atoms with van der Waals surface area (Å²) in [4.78, 5) is 17.6. The molecule has 1 heterocycles. The van der Waals surface area contributed by atoms with Gasteiger partial charge in [-0.3, -0.25) is 0 Å². The van der Waals surface area contributed by atoms with Crippen molar-refractivity contribution in [2.45, 2.75) is 46.5 Å². The Morgan fingerprint density at radius 2 is 2.28 bits per heavy atom. The number of hydrogen-bond acceptors (Lipinski definition) is 2. The molecule has 1 saturated heterocycles. The molecule has 0 aromatic heterocycles. The van der Waals surface area contributed by atoms with Crippen molar-refractivity contribution in [1.82, 2.24) is 4.90 Å². The summed E-state index contributed by atoms with van der Waals surface area (Å²) in [5.74, 6) is 1.40. The third-order valence-corrected chi connectivity index (χ3v) is 3.38. The van der Waals surface area contributed by atoms with Crippen LogP contribution in [0.2, 0.25) is 0 Å². The van der Waals surface area contributed by atoms with Crippen molar-refractivity contribution in [3.8, 4) is 0 Å². The largest absolute Gasteiger partial charge is 0.448 e. The van der Waals surface area contributed by atoms with Gasteiger partial charge >= 0.3 is 6.09 Å². The zero-order chi connectivity index (χ0) is 13.4. The molecule has 1 rings (SSSR count). The lowest BCUT2D eigenvalue weighted by atomic mass is 10.1. The van der Waals surface area contributed by atoms with E-state index >= 15 is 0 Å². The second-order valence-corrected chi connectivity index (χ2v) is 4.81. The Balaban J connectivity index is 2.29. The van der Waals surface area contributed by atoms with Crippen LogP contribution in [0.25, 0.3) is 0 Å². The molecule has 1 aliphatic heterocycles. The lowest BCUT2D eigenvalue weighted by molar-refractivity contribution is 0.154. The number of amidine groups is 1. The Labute approximate surface area is 110 Å². The van der Waals surface area contributed by atoms with Gasteiger partial charge < -0.3 is 9.64 Å². The molecule has 4 nitrogen and oxygen atoms in total. The lowest BCUT2D eigenvalue weighted by Crippen LogP contribution is -2.27. The van der Waals surface area contributed by atoms with Gasteiger partial charge in [-0.25, -0.2) is 4.79 Å². The molecule has 0 N–H and O–H groups in total. The van der Waals surface area contributed by atoms with Gasteiger partial charge in [0.05, 0.1) is 6.61 Å². The Kier molecular flexibility index (Phi) is 6.76. The van der Waals surface area contributed by atoms with Gasteiger partial charge in [0.25, 0.3) is 0 Å². The van der Waals surface area contributed by atoms with E-state index in [9.17, 15) is 4.79 Å². The molecule has 1 fully saturated rings. The lowest BCUT2D eigenvalue weighted by Gasteiger charge is -2.17. The molecule has 0 spiro atoms. The van der Waals surface area contributed by atoms with Crippen molar-refractivity contribution < 1.29 is 9.53 Å². The summed E-state index contributed by atoms with van der Waals surface area (Å²) in [6.07, 6.45) is 6.06. The van der Waals surface area contributed by atoms with E-state index in [1.807, 2.05) is 6.92 Å². The molecule has 103 valence electrons. The van der Waals surface area contributed by atoms with Crippen LogP contribution in [0, 0.1) is 12.3 Å². The number of carbonyl (C=O) groups is 1. The SMILES string of the molecule is C[CH]C1CCN(C(C)=NC(=O)OCCCCC)C1. The van der Waals surface area contributed by atoms with Crippen LogP contribution in [0.1, 0.15) is 46.5 Å². The fourth-order valence-corrected chi connectivity index (χ4v) is 2.10. The predicted octanol–water partition coefficient (Wildman–Crippen LogP) is 3.28. The van der Waals surface area contributed by atoms with Crippen LogP contribution < -0.4 is 0 Å². The maximum atomic E-state index is 11.5. The first-order chi connectivity index (χ1) is 8.67. The van der Waals surface area contributed by atoms with Crippen molar-refractivity contribution >= 4 is 11.9 Å². The summed E-state index contributed by atoms with van der Waals surface area (Å²) < 4.78 is 5.07. The van der Waals surface area contributed by atoms with Crippen molar-refractivity contribution in [2.75, 3.05) is 19.7 Å². The van der Waals surface area contributed by atoms with Gasteiger partial charge in [-0.05, 0) is 32.1 Å². The maximum Gasteiger partial charge on any atom is 0.435 e. The average molecular weight is 253 g/mol. The van der Waals surface area contributed by atoms with Crippen LogP contribution in [-0.2, 0) is 4.74 Å². The number of likely N-dealkylation sites (tertiary alicyclic amines) is 1. The first kappa shape index (κ1) is 15.0. The van der Waals surface area contributed by atoms with Crippen LogP contribution in [0.3, 0.4) is 0 Å². The minimum atomic E-state index is -0.451.